The second kappa shape index (κ2) is 7.97. The molecule has 1 aromatic heterocycles. The third kappa shape index (κ3) is 4.00. The first-order valence-electron chi connectivity index (χ1n) is 8.81. The molecule has 0 aliphatic carbocycles. The van der Waals surface area contributed by atoms with E-state index in [2.05, 4.69) is 22.0 Å². The van der Waals surface area contributed by atoms with Gasteiger partial charge in [-0.25, -0.2) is 9.97 Å². The van der Waals surface area contributed by atoms with E-state index in [1.165, 1.54) is 0 Å². The lowest BCUT2D eigenvalue weighted by Gasteiger charge is -2.26. The van der Waals surface area contributed by atoms with Crippen molar-refractivity contribution in [2.75, 3.05) is 31.2 Å². The zero-order valence-electron chi connectivity index (χ0n) is 14.5. The Kier molecular flexibility index (Phi) is 5.07. The molecule has 4 rings (SSSR count). The molecule has 5 heteroatoms. The molecule has 0 N–H and O–H groups in total. The minimum Gasteiger partial charge on any atom is -0.489 e. The van der Waals surface area contributed by atoms with Crippen molar-refractivity contribution in [1.82, 2.24) is 9.97 Å². The Morgan fingerprint density at radius 3 is 2.65 bits per heavy atom. The predicted molar refractivity (Wildman–Crippen MR) is 101 cm³/mol. The number of nitrogens with zero attached hydrogens (tertiary/aromatic N) is 3. The maximum Gasteiger partial charge on any atom is 0.226 e. The molecular weight excluding hydrogens is 326 g/mol. The van der Waals surface area contributed by atoms with Crippen LogP contribution in [0, 0.1) is 0 Å². The van der Waals surface area contributed by atoms with Gasteiger partial charge in [0.2, 0.25) is 5.95 Å². The highest BCUT2D eigenvalue weighted by molar-refractivity contribution is 5.62. The van der Waals surface area contributed by atoms with Gasteiger partial charge in [0.1, 0.15) is 12.4 Å². The van der Waals surface area contributed by atoms with Crippen LogP contribution in [-0.4, -0.2) is 36.3 Å². The zero-order chi connectivity index (χ0) is 17.6. The first-order valence-corrected chi connectivity index (χ1v) is 8.81. The molecule has 26 heavy (non-hydrogen) atoms. The first kappa shape index (κ1) is 16.5. The summed E-state index contributed by atoms with van der Waals surface area (Å²) in [6, 6.07) is 20.1. The number of morpholine rings is 1. The summed E-state index contributed by atoms with van der Waals surface area (Å²) in [5.74, 6) is 1.58. The van der Waals surface area contributed by atoms with Gasteiger partial charge in [0, 0.05) is 24.8 Å². The fraction of sp³-hybridized carbons (Fsp3) is 0.238. The van der Waals surface area contributed by atoms with Crippen molar-refractivity contribution < 1.29 is 9.47 Å². The van der Waals surface area contributed by atoms with Crippen molar-refractivity contribution in [1.29, 1.82) is 0 Å². The third-order valence-corrected chi connectivity index (χ3v) is 4.31. The molecule has 1 aliphatic rings. The number of ether oxygens (including phenoxy) is 2. The third-order valence-electron chi connectivity index (χ3n) is 4.31. The van der Waals surface area contributed by atoms with Crippen molar-refractivity contribution in [2.45, 2.75) is 6.61 Å². The highest BCUT2D eigenvalue weighted by atomic mass is 16.5. The van der Waals surface area contributed by atoms with E-state index in [-0.39, 0.29) is 0 Å². The Labute approximate surface area is 153 Å². The second-order valence-electron chi connectivity index (χ2n) is 6.14. The monoisotopic (exact) mass is 347 g/mol. The Morgan fingerprint density at radius 2 is 1.81 bits per heavy atom. The number of anilines is 1. The highest BCUT2D eigenvalue weighted by Gasteiger charge is 2.14. The summed E-state index contributed by atoms with van der Waals surface area (Å²) < 4.78 is 11.3. The molecule has 0 spiro atoms. The smallest absolute Gasteiger partial charge is 0.226 e. The minimum absolute atomic E-state index is 0.549. The van der Waals surface area contributed by atoms with Crippen LogP contribution in [0.5, 0.6) is 5.75 Å². The van der Waals surface area contributed by atoms with Crippen LogP contribution in [0.3, 0.4) is 0 Å². The summed E-state index contributed by atoms with van der Waals surface area (Å²) in [6.45, 7) is 3.63. The van der Waals surface area contributed by atoms with Gasteiger partial charge in [-0.15, -0.1) is 0 Å². The average Bonchev–Trinajstić information content (AvgIpc) is 2.74. The summed E-state index contributed by atoms with van der Waals surface area (Å²) >= 11 is 0. The van der Waals surface area contributed by atoms with Gasteiger partial charge in [-0.2, -0.15) is 0 Å². The topological polar surface area (TPSA) is 47.5 Å². The van der Waals surface area contributed by atoms with Gasteiger partial charge in [-0.1, -0.05) is 42.5 Å². The molecule has 1 saturated heterocycles. The van der Waals surface area contributed by atoms with Crippen molar-refractivity contribution in [3.63, 3.8) is 0 Å². The molecule has 1 aliphatic heterocycles. The summed E-state index contributed by atoms with van der Waals surface area (Å²) in [6.07, 6.45) is 1.81. The number of hydrogen-bond donors (Lipinski definition) is 0. The number of benzene rings is 2. The van der Waals surface area contributed by atoms with Crippen LogP contribution in [0.4, 0.5) is 5.95 Å². The highest BCUT2D eigenvalue weighted by Crippen LogP contribution is 2.24. The molecular formula is C21H21N3O2. The Morgan fingerprint density at radius 1 is 0.962 bits per heavy atom. The molecule has 5 nitrogen and oxygen atoms in total. The molecule has 2 heterocycles. The summed E-state index contributed by atoms with van der Waals surface area (Å²) in [5, 5.41) is 0. The predicted octanol–water partition coefficient (Wildman–Crippen LogP) is 3.56. The van der Waals surface area contributed by atoms with Crippen LogP contribution in [0.15, 0.2) is 66.9 Å². The van der Waals surface area contributed by atoms with E-state index in [4.69, 9.17) is 14.5 Å². The molecule has 0 unspecified atom stereocenters. The summed E-state index contributed by atoms with van der Waals surface area (Å²) in [7, 11) is 0. The summed E-state index contributed by atoms with van der Waals surface area (Å²) in [4.78, 5) is 11.3. The number of aromatic nitrogens is 2. The maximum atomic E-state index is 5.93. The quantitative estimate of drug-likeness (QED) is 0.706. The maximum absolute atomic E-state index is 5.93. The van der Waals surface area contributed by atoms with Crippen LogP contribution < -0.4 is 9.64 Å². The fourth-order valence-electron chi connectivity index (χ4n) is 2.91. The lowest BCUT2D eigenvalue weighted by atomic mass is 10.1. The van der Waals surface area contributed by atoms with Crippen molar-refractivity contribution in [3.05, 3.63) is 72.4 Å². The van der Waals surface area contributed by atoms with Gasteiger partial charge < -0.3 is 14.4 Å². The van der Waals surface area contributed by atoms with Gasteiger partial charge in [-0.05, 0) is 23.8 Å². The normalized spacial score (nSPS) is 14.2. The van der Waals surface area contributed by atoms with Crippen molar-refractivity contribution in [3.8, 4) is 17.0 Å². The van der Waals surface area contributed by atoms with Crippen molar-refractivity contribution in [2.24, 2.45) is 0 Å². The van der Waals surface area contributed by atoms with Crippen LogP contribution >= 0.6 is 0 Å². The molecule has 0 radical (unpaired) electrons. The average molecular weight is 347 g/mol. The largest absolute Gasteiger partial charge is 0.489 e. The zero-order valence-corrected chi connectivity index (χ0v) is 14.5. The molecule has 0 amide bonds. The Balaban J connectivity index is 1.51. The Bertz CT molecular complexity index is 849. The minimum atomic E-state index is 0.549. The number of hydrogen-bond acceptors (Lipinski definition) is 5. The lowest BCUT2D eigenvalue weighted by Crippen LogP contribution is -2.37. The van der Waals surface area contributed by atoms with Crippen molar-refractivity contribution >= 4 is 5.95 Å². The van der Waals surface area contributed by atoms with Gasteiger partial charge in [0.15, 0.2) is 0 Å². The second-order valence-corrected chi connectivity index (χ2v) is 6.14. The van der Waals surface area contributed by atoms with Crippen LogP contribution in [0.1, 0.15) is 5.56 Å². The van der Waals surface area contributed by atoms with Crippen LogP contribution in [-0.2, 0) is 11.3 Å². The van der Waals surface area contributed by atoms with E-state index < -0.39 is 0 Å². The van der Waals surface area contributed by atoms with E-state index in [0.29, 0.717) is 6.61 Å². The van der Waals surface area contributed by atoms with Crippen LogP contribution in [0.2, 0.25) is 0 Å². The van der Waals surface area contributed by atoms with Gasteiger partial charge >= 0.3 is 0 Å². The first-order chi connectivity index (χ1) is 12.9. The molecule has 3 aromatic rings. The van der Waals surface area contributed by atoms with Gasteiger partial charge in [0.25, 0.3) is 0 Å². The van der Waals surface area contributed by atoms with E-state index in [9.17, 15) is 0 Å². The van der Waals surface area contributed by atoms with E-state index in [1.54, 1.807) is 0 Å². The molecule has 2 aromatic carbocycles. The Hall–Kier alpha value is -2.92. The molecule has 0 bridgehead atoms. The van der Waals surface area contributed by atoms with E-state index in [0.717, 1.165) is 54.8 Å². The molecule has 132 valence electrons. The molecule has 0 atom stereocenters. The van der Waals surface area contributed by atoms with E-state index >= 15 is 0 Å². The van der Waals surface area contributed by atoms with Crippen LogP contribution in [0.25, 0.3) is 11.3 Å². The SMILES string of the molecule is c1ccc(COc2cccc(-c3ccnc(N4CCOCC4)n3)c2)cc1. The molecule has 0 saturated carbocycles. The fourth-order valence-corrected chi connectivity index (χ4v) is 2.91. The number of rotatable bonds is 5. The summed E-state index contributed by atoms with van der Waals surface area (Å²) in [5.41, 5.74) is 3.06. The van der Waals surface area contributed by atoms with E-state index in [1.807, 2.05) is 54.7 Å². The van der Waals surface area contributed by atoms with Gasteiger partial charge in [-0.3, -0.25) is 0 Å². The van der Waals surface area contributed by atoms with Gasteiger partial charge in [0.05, 0.1) is 18.9 Å². The lowest BCUT2D eigenvalue weighted by molar-refractivity contribution is 0.122. The standard InChI is InChI=1S/C21H21N3O2/c1-2-5-17(6-3-1)16-26-19-8-4-7-18(15-19)20-9-10-22-21(23-20)24-11-13-25-14-12-24/h1-10,15H,11-14,16H2. The molecule has 1 fully saturated rings.